The Labute approximate surface area is 91.7 Å². The SMILES string of the molecule is CC(C)(C)c1ccccc1C1(C#N)CC1. The summed E-state index contributed by atoms with van der Waals surface area (Å²) in [4.78, 5) is 0. The first kappa shape index (κ1) is 10.2. The largest absolute Gasteiger partial charge is 0.197 e. The summed E-state index contributed by atoms with van der Waals surface area (Å²) < 4.78 is 0. The van der Waals surface area contributed by atoms with Gasteiger partial charge in [-0.2, -0.15) is 5.26 Å². The molecule has 1 aromatic carbocycles. The number of hydrogen-bond donors (Lipinski definition) is 0. The standard InChI is InChI=1S/C14H17N/c1-13(2,3)11-6-4-5-7-12(11)14(10-15)8-9-14/h4-7H,8-9H2,1-3H3. The molecule has 0 saturated heterocycles. The van der Waals surface area contributed by atoms with Crippen LogP contribution in [0.4, 0.5) is 0 Å². The summed E-state index contributed by atoms with van der Waals surface area (Å²) in [7, 11) is 0. The molecule has 0 unspecified atom stereocenters. The second-order valence-corrected chi connectivity index (χ2v) is 5.49. The fraction of sp³-hybridized carbons (Fsp3) is 0.500. The predicted octanol–water partition coefficient (Wildman–Crippen LogP) is 3.54. The zero-order valence-electron chi connectivity index (χ0n) is 9.67. The van der Waals surface area contributed by atoms with E-state index in [0.29, 0.717) is 0 Å². The van der Waals surface area contributed by atoms with Gasteiger partial charge in [-0.3, -0.25) is 0 Å². The van der Waals surface area contributed by atoms with Gasteiger partial charge >= 0.3 is 0 Å². The molecule has 1 fully saturated rings. The Morgan fingerprint density at radius 1 is 1.20 bits per heavy atom. The number of rotatable bonds is 1. The van der Waals surface area contributed by atoms with Crippen LogP contribution in [-0.2, 0) is 10.8 Å². The highest BCUT2D eigenvalue weighted by molar-refractivity contribution is 5.46. The van der Waals surface area contributed by atoms with E-state index in [1.165, 1.54) is 11.1 Å². The van der Waals surface area contributed by atoms with Crippen LogP contribution >= 0.6 is 0 Å². The van der Waals surface area contributed by atoms with E-state index in [-0.39, 0.29) is 10.8 Å². The van der Waals surface area contributed by atoms with Gasteiger partial charge in [0, 0.05) is 0 Å². The first-order valence-corrected chi connectivity index (χ1v) is 5.51. The van der Waals surface area contributed by atoms with E-state index in [0.717, 1.165) is 12.8 Å². The third kappa shape index (κ3) is 1.65. The monoisotopic (exact) mass is 199 g/mol. The lowest BCUT2D eigenvalue weighted by atomic mass is 9.79. The molecule has 1 aromatic rings. The summed E-state index contributed by atoms with van der Waals surface area (Å²) in [5.41, 5.74) is 2.54. The molecule has 0 radical (unpaired) electrons. The van der Waals surface area contributed by atoms with E-state index < -0.39 is 0 Å². The van der Waals surface area contributed by atoms with Crippen molar-refractivity contribution in [3.05, 3.63) is 35.4 Å². The molecule has 0 amide bonds. The molecule has 78 valence electrons. The second-order valence-electron chi connectivity index (χ2n) is 5.49. The Morgan fingerprint density at radius 3 is 2.27 bits per heavy atom. The Balaban J connectivity index is 2.54. The lowest BCUT2D eigenvalue weighted by Crippen LogP contribution is -2.18. The van der Waals surface area contributed by atoms with Gasteiger partial charge in [0.25, 0.3) is 0 Å². The van der Waals surface area contributed by atoms with E-state index in [1.54, 1.807) is 0 Å². The van der Waals surface area contributed by atoms with Crippen molar-refractivity contribution in [2.75, 3.05) is 0 Å². The Hall–Kier alpha value is -1.29. The number of nitrogens with zero attached hydrogens (tertiary/aromatic N) is 1. The number of benzene rings is 1. The van der Waals surface area contributed by atoms with Crippen LogP contribution in [0.5, 0.6) is 0 Å². The molecule has 1 nitrogen and oxygen atoms in total. The molecule has 0 atom stereocenters. The molecule has 15 heavy (non-hydrogen) atoms. The Bertz CT molecular complexity index is 414. The molecule has 1 aliphatic rings. The van der Waals surface area contributed by atoms with Crippen molar-refractivity contribution in [1.29, 1.82) is 5.26 Å². The molecule has 0 aliphatic heterocycles. The van der Waals surface area contributed by atoms with Gasteiger partial charge in [-0.25, -0.2) is 0 Å². The van der Waals surface area contributed by atoms with Crippen LogP contribution in [0.25, 0.3) is 0 Å². The molecular weight excluding hydrogens is 182 g/mol. The summed E-state index contributed by atoms with van der Waals surface area (Å²) in [6.45, 7) is 6.62. The fourth-order valence-electron chi connectivity index (χ4n) is 2.12. The van der Waals surface area contributed by atoms with Gasteiger partial charge in [0.15, 0.2) is 0 Å². The highest BCUT2D eigenvalue weighted by Crippen LogP contribution is 2.50. The van der Waals surface area contributed by atoms with Crippen LogP contribution in [0.2, 0.25) is 0 Å². The lowest BCUT2D eigenvalue weighted by molar-refractivity contribution is 0.577. The van der Waals surface area contributed by atoms with Crippen molar-refractivity contribution >= 4 is 0 Å². The first-order valence-electron chi connectivity index (χ1n) is 5.51. The maximum Gasteiger partial charge on any atom is 0.0826 e. The number of hydrogen-bond acceptors (Lipinski definition) is 1. The van der Waals surface area contributed by atoms with Gasteiger partial charge in [-0.05, 0) is 29.4 Å². The molecule has 0 spiro atoms. The highest BCUT2D eigenvalue weighted by atomic mass is 14.5. The minimum absolute atomic E-state index is 0.128. The summed E-state index contributed by atoms with van der Waals surface area (Å²) in [5, 5.41) is 9.25. The van der Waals surface area contributed by atoms with Crippen LogP contribution in [0, 0.1) is 11.3 Å². The van der Waals surface area contributed by atoms with Crippen LogP contribution in [-0.4, -0.2) is 0 Å². The van der Waals surface area contributed by atoms with Crippen LogP contribution in [0.1, 0.15) is 44.7 Å². The molecular formula is C14H17N. The minimum atomic E-state index is -0.163. The van der Waals surface area contributed by atoms with Gasteiger partial charge in [0.05, 0.1) is 11.5 Å². The van der Waals surface area contributed by atoms with Gasteiger partial charge in [-0.1, -0.05) is 45.0 Å². The van der Waals surface area contributed by atoms with Crippen molar-refractivity contribution in [3.8, 4) is 6.07 Å². The average Bonchev–Trinajstić information content (AvgIpc) is 2.97. The highest BCUT2D eigenvalue weighted by Gasteiger charge is 2.46. The first-order chi connectivity index (χ1) is 6.99. The van der Waals surface area contributed by atoms with Gasteiger partial charge < -0.3 is 0 Å². The molecule has 0 heterocycles. The van der Waals surface area contributed by atoms with Crippen molar-refractivity contribution in [3.63, 3.8) is 0 Å². The minimum Gasteiger partial charge on any atom is -0.197 e. The quantitative estimate of drug-likeness (QED) is 0.678. The normalized spacial score (nSPS) is 18.3. The third-order valence-electron chi connectivity index (χ3n) is 3.21. The second kappa shape index (κ2) is 3.10. The maximum atomic E-state index is 9.25. The molecule has 0 N–H and O–H groups in total. The Kier molecular flexibility index (Phi) is 2.12. The predicted molar refractivity (Wildman–Crippen MR) is 61.7 cm³/mol. The average molecular weight is 199 g/mol. The van der Waals surface area contributed by atoms with E-state index in [9.17, 15) is 5.26 Å². The maximum absolute atomic E-state index is 9.25. The number of nitriles is 1. The molecule has 0 aromatic heterocycles. The summed E-state index contributed by atoms with van der Waals surface area (Å²) in [5.74, 6) is 0. The third-order valence-corrected chi connectivity index (χ3v) is 3.21. The lowest BCUT2D eigenvalue weighted by Gasteiger charge is -2.24. The summed E-state index contributed by atoms with van der Waals surface area (Å²) >= 11 is 0. The zero-order valence-corrected chi connectivity index (χ0v) is 9.67. The molecule has 1 heteroatoms. The van der Waals surface area contributed by atoms with Crippen molar-refractivity contribution < 1.29 is 0 Å². The summed E-state index contributed by atoms with van der Waals surface area (Å²) in [6, 6.07) is 10.9. The van der Waals surface area contributed by atoms with Crippen molar-refractivity contribution in [2.24, 2.45) is 0 Å². The van der Waals surface area contributed by atoms with Crippen molar-refractivity contribution in [1.82, 2.24) is 0 Å². The van der Waals surface area contributed by atoms with E-state index in [1.807, 2.05) is 6.07 Å². The molecule has 2 rings (SSSR count). The van der Waals surface area contributed by atoms with E-state index in [2.05, 4.69) is 45.0 Å². The van der Waals surface area contributed by atoms with E-state index >= 15 is 0 Å². The topological polar surface area (TPSA) is 23.8 Å². The van der Waals surface area contributed by atoms with Gasteiger partial charge in [0.1, 0.15) is 0 Å². The fourth-order valence-corrected chi connectivity index (χ4v) is 2.12. The smallest absolute Gasteiger partial charge is 0.0826 e. The summed E-state index contributed by atoms with van der Waals surface area (Å²) in [6.07, 6.45) is 2.05. The van der Waals surface area contributed by atoms with Crippen LogP contribution < -0.4 is 0 Å². The molecule has 0 bridgehead atoms. The molecule has 1 saturated carbocycles. The van der Waals surface area contributed by atoms with Crippen LogP contribution in [0.15, 0.2) is 24.3 Å². The van der Waals surface area contributed by atoms with Gasteiger partial charge in [-0.15, -0.1) is 0 Å². The molecule has 1 aliphatic carbocycles. The van der Waals surface area contributed by atoms with E-state index in [4.69, 9.17) is 0 Å². The zero-order chi connectivity index (χ0) is 11.1. The Morgan fingerprint density at radius 2 is 1.80 bits per heavy atom. The van der Waals surface area contributed by atoms with Crippen LogP contribution in [0.3, 0.4) is 0 Å². The van der Waals surface area contributed by atoms with Crippen molar-refractivity contribution in [2.45, 2.75) is 44.4 Å². The van der Waals surface area contributed by atoms with Gasteiger partial charge in [0.2, 0.25) is 0 Å².